The quantitative estimate of drug-likeness (QED) is 0.563. The SMILES string of the molecule is CCOc1ccc(OC(C)C(=O)NNC(=O)/C=C/c2ccc(Cl)cc2)cc1. The van der Waals surface area contributed by atoms with Crippen molar-refractivity contribution in [3.05, 3.63) is 65.2 Å². The topological polar surface area (TPSA) is 76.7 Å². The summed E-state index contributed by atoms with van der Waals surface area (Å²) >= 11 is 5.80. The van der Waals surface area contributed by atoms with Gasteiger partial charge >= 0.3 is 0 Å². The molecule has 0 saturated heterocycles. The maximum absolute atomic E-state index is 12.0. The van der Waals surface area contributed by atoms with E-state index in [1.165, 1.54) is 6.08 Å². The Kier molecular flexibility index (Phi) is 7.70. The summed E-state index contributed by atoms with van der Waals surface area (Å²) < 4.78 is 10.9. The molecule has 0 radical (unpaired) electrons. The average molecular weight is 389 g/mol. The molecule has 0 fully saturated rings. The lowest BCUT2D eigenvalue weighted by atomic mass is 10.2. The van der Waals surface area contributed by atoms with Crippen LogP contribution in [0.4, 0.5) is 0 Å². The van der Waals surface area contributed by atoms with Crippen molar-refractivity contribution >= 4 is 29.5 Å². The molecule has 0 aromatic heterocycles. The first kappa shape index (κ1) is 20.3. The first-order valence-electron chi connectivity index (χ1n) is 8.41. The van der Waals surface area contributed by atoms with E-state index in [2.05, 4.69) is 10.9 Å². The second-order valence-corrected chi connectivity index (χ2v) is 5.96. The first-order valence-corrected chi connectivity index (χ1v) is 8.78. The van der Waals surface area contributed by atoms with Crippen LogP contribution in [0, 0.1) is 0 Å². The van der Waals surface area contributed by atoms with Crippen LogP contribution in [-0.2, 0) is 9.59 Å². The zero-order chi connectivity index (χ0) is 19.6. The number of benzene rings is 2. The predicted octanol–water partition coefficient (Wildman–Crippen LogP) is 3.37. The lowest BCUT2D eigenvalue weighted by Crippen LogP contribution is -2.46. The van der Waals surface area contributed by atoms with Gasteiger partial charge in [0, 0.05) is 11.1 Å². The molecule has 6 nitrogen and oxygen atoms in total. The van der Waals surface area contributed by atoms with Crippen molar-refractivity contribution in [2.75, 3.05) is 6.61 Å². The van der Waals surface area contributed by atoms with Crippen molar-refractivity contribution < 1.29 is 19.1 Å². The van der Waals surface area contributed by atoms with E-state index < -0.39 is 17.9 Å². The number of hydrazine groups is 1. The normalized spacial score (nSPS) is 11.7. The number of amides is 2. The van der Waals surface area contributed by atoms with Crippen LogP contribution in [0.5, 0.6) is 11.5 Å². The minimum atomic E-state index is -0.788. The molecule has 0 spiro atoms. The highest BCUT2D eigenvalue weighted by Crippen LogP contribution is 2.18. The maximum atomic E-state index is 12.0. The van der Waals surface area contributed by atoms with Gasteiger partial charge in [-0.05, 0) is 61.9 Å². The van der Waals surface area contributed by atoms with Gasteiger partial charge in [0.05, 0.1) is 6.61 Å². The number of hydrogen-bond acceptors (Lipinski definition) is 4. The Balaban J connectivity index is 1.78. The molecule has 1 unspecified atom stereocenters. The highest BCUT2D eigenvalue weighted by Gasteiger charge is 2.15. The van der Waals surface area contributed by atoms with Gasteiger partial charge in [-0.25, -0.2) is 0 Å². The zero-order valence-corrected chi connectivity index (χ0v) is 15.8. The Morgan fingerprint density at radius 2 is 1.67 bits per heavy atom. The summed E-state index contributed by atoms with van der Waals surface area (Å²) in [4.78, 5) is 23.8. The van der Waals surface area contributed by atoms with Crippen molar-refractivity contribution in [1.29, 1.82) is 0 Å². The minimum absolute atomic E-state index is 0.466. The van der Waals surface area contributed by atoms with E-state index in [1.54, 1.807) is 61.5 Å². The summed E-state index contributed by atoms with van der Waals surface area (Å²) in [5.74, 6) is 0.306. The summed E-state index contributed by atoms with van der Waals surface area (Å²) in [5, 5.41) is 0.616. The van der Waals surface area contributed by atoms with Gasteiger partial charge in [-0.15, -0.1) is 0 Å². The molecule has 0 aliphatic carbocycles. The summed E-state index contributed by atoms with van der Waals surface area (Å²) in [5.41, 5.74) is 5.44. The highest BCUT2D eigenvalue weighted by atomic mass is 35.5. The molecule has 1 atom stereocenters. The van der Waals surface area contributed by atoms with E-state index in [0.717, 1.165) is 11.3 Å². The van der Waals surface area contributed by atoms with Gasteiger partial charge in [0.25, 0.3) is 11.8 Å². The van der Waals surface area contributed by atoms with Crippen LogP contribution in [0.15, 0.2) is 54.6 Å². The average Bonchev–Trinajstić information content (AvgIpc) is 2.67. The third-order valence-corrected chi connectivity index (χ3v) is 3.67. The van der Waals surface area contributed by atoms with E-state index in [9.17, 15) is 9.59 Å². The van der Waals surface area contributed by atoms with Crippen LogP contribution in [0.25, 0.3) is 6.08 Å². The van der Waals surface area contributed by atoms with Crippen molar-refractivity contribution in [3.63, 3.8) is 0 Å². The Morgan fingerprint density at radius 3 is 2.30 bits per heavy atom. The number of hydrogen-bond donors (Lipinski definition) is 2. The van der Waals surface area contributed by atoms with Crippen LogP contribution in [0.3, 0.4) is 0 Å². The number of nitrogens with one attached hydrogen (secondary N) is 2. The standard InChI is InChI=1S/C20H21ClN2O4/c1-3-26-17-9-11-18(12-10-17)27-14(2)20(25)23-22-19(24)13-6-15-4-7-16(21)8-5-15/h4-14H,3H2,1-2H3,(H,22,24)(H,23,25)/b13-6+. The Bertz CT molecular complexity index is 789. The monoisotopic (exact) mass is 388 g/mol. The molecule has 7 heteroatoms. The van der Waals surface area contributed by atoms with Crippen molar-refractivity contribution in [3.8, 4) is 11.5 Å². The zero-order valence-electron chi connectivity index (χ0n) is 15.1. The van der Waals surface area contributed by atoms with E-state index in [0.29, 0.717) is 17.4 Å². The molecule has 2 rings (SSSR count). The smallest absolute Gasteiger partial charge is 0.279 e. The molecule has 2 amide bonds. The fourth-order valence-corrected chi connectivity index (χ4v) is 2.18. The van der Waals surface area contributed by atoms with Crippen LogP contribution < -0.4 is 20.3 Å². The van der Waals surface area contributed by atoms with Crippen LogP contribution in [-0.4, -0.2) is 24.5 Å². The first-order chi connectivity index (χ1) is 13.0. The van der Waals surface area contributed by atoms with Crippen molar-refractivity contribution in [2.45, 2.75) is 20.0 Å². The van der Waals surface area contributed by atoms with Crippen LogP contribution in [0.2, 0.25) is 5.02 Å². The van der Waals surface area contributed by atoms with E-state index in [1.807, 2.05) is 6.92 Å². The largest absolute Gasteiger partial charge is 0.494 e. The molecular weight excluding hydrogens is 368 g/mol. The molecule has 142 valence electrons. The van der Waals surface area contributed by atoms with Gasteiger partial charge in [0.1, 0.15) is 11.5 Å². The van der Waals surface area contributed by atoms with Gasteiger partial charge in [-0.1, -0.05) is 23.7 Å². The lowest BCUT2D eigenvalue weighted by molar-refractivity contribution is -0.131. The molecule has 2 aromatic carbocycles. The number of carbonyl (C=O) groups excluding carboxylic acids is 2. The fraction of sp³-hybridized carbons (Fsp3) is 0.200. The van der Waals surface area contributed by atoms with Crippen LogP contribution in [0.1, 0.15) is 19.4 Å². The van der Waals surface area contributed by atoms with Gasteiger partial charge in [0.15, 0.2) is 6.10 Å². The third-order valence-electron chi connectivity index (χ3n) is 3.42. The molecular formula is C20H21ClN2O4. The molecule has 0 heterocycles. The Morgan fingerprint density at radius 1 is 1.04 bits per heavy atom. The molecule has 2 N–H and O–H groups in total. The Hall–Kier alpha value is -2.99. The number of halogens is 1. The molecule has 2 aromatic rings. The molecule has 0 saturated carbocycles. The van der Waals surface area contributed by atoms with Crippen molar-refractivity contribution in [1.82, 2.24) is 10.9 Å². The summed E-state index contributed by atoms with van der Waals surface area (Å²) in [7, 11) is 0. The second-order valence-electron chi connectivity index (χ2n) is 5.53. The van der Waals surface area contributed by atoms with E-state index in [4.69, 9.17) is 21.1 Å². The van der Waals surface area contributed by atoms with Gasteiger partial charge in [-0.2, -0.15) is 0 Å². The number of ether oxygens (including phenoxy) is 2. The van der Waals surface area contributed by atoms with E-state index >= 15 is 0 Å². The minimum Gasteiger partial charge on any atom is -0.494 e. The third kappa shape index (κ3) is 7.03. The molecule has 0 aliphatic heterocycles. The summed E-state index contributed by atoms with van der Waals surface area (Å²) in [6.07, 6.45) is 2.13. The van der Waals surface area contributed by atoms with Crippen LogP contribution >= 0.6 is 11.6 Å². The fourth-order valence-electron chi connectivity index (χ4n) is 2.05. The lowest BCUT2D eigenvalue weighted by Gasteiger charge is -2.15. The summed E-state index contributed by atoms with van der Waals surface area (Å²) in [6.45, 7) is 4.06. The Labute approximate surface area is 163 Å². The van der Waals surface area contributed by atoms with Gasteiger partial charge in [-0.3, -0.25) is 20.4 Å². The van der Waals surface area contributed by atoms with Crippen molar-refractivity contribution in [2.24, 2.45) is 0 Å². The molecule has 0 aliphatic rings. The highest BCUT2D eigenvalue weighted by molar-refractivity contribution is 6.30. The maximum Gasteiger partial charge on any atom is 0.279 e. The molecule has 27 heavy (non-hydrogen) atoms. The second kappa shape index (κ2) is 10.2. The number of carbonyl (C=O) groups is 2. The van der Waals surface area contributed by atoms with E-state index in [-0.39, 0.29) is 0 Å². The predicted molar refractivity (Wildman–Crippen MR) is 104 cm³/mol. The number of rotatable bonds is 7. The molecule has 0 bridgehead atoms. The van der Waals surface area contributed by atoms with Gasteiger partial charge in [0.2, 0.25) is 0 Å². The van der Waals surface area contributed by atoms with Gasteiger partial charge < -0.3 is 9.47 Å². The summed E-state index contributed by atoms with van der Waals surface area (Å²) in [6, 6.07) is 13.9.